The Hall–Kier alpha value is -1.11. The van der Waals surface area contributed by atoms with Crippen LogP contribution in [-0.4, -0.2) is 6.29 Å². The Labute approximate surface area is 111 Å². The Morgan fingerprint density at radius 2 is 1.78 bits per heavy atom. The molecule has 0 heterocycles. The first-order chi connectivity index (χ1) is 8.61. The molecule has 2 rings (SSSR count). The van der Waals surface area contributed by atoms with Crippen LogP contribution in [0.5, 0.6) is 0 Å². The second kappa shape index (κ2) is 5.69. The van der Waals surface area contributed by atoms with Crippen LogP contribution < -0.4 is 0 Å². The predicted molar refractivity (Wildman–Crippen MR) is 75.8 cm³/mol. The summed E-state index contributed by atoms with van der Waals surface area (Å²) in [6.07, 6.45) is 7.83. The zero-order chi connectivity index (χ0) is 13.0. The highest BCUT2D eigenvalue weighted by atomic mass is 16.1. The Morgan fingerprint density at radius 3 is 2.33 bits per heavy atom. The first kappa shape index (κ1) is 13.3. The van der Waals surface area contributed by atoms with Crippen LogP contribution in [0.15, 0.2) is 24.3 Å². The van der Waals surface area contributed by atoms with E-state index in [1.54, 1.807) is 0 Å². The fourth-order valence-corrected chi connectivity index (χ4v) is 2.91. The molecule has 1 nitrogen and oxygen atoms in total. The predicted octanol–water partition coefficient (Wildman–Crippen LogP) is 4.50. The third kappa shape index (κ3) is 3.44. The summed E-state index contributed by atoms with van der Waals surface area (Å²) in [5, 5.41) is 0. The number of carbonyl (C=O) groups excluding carboxylic acids is 1. The van der Waals surface area contributed by atoms with Crippen LogP contribution in [0.3, 0.4) is 0 Å². The summed E-state index contributed by atoms with van der Waals surface area (Å²) in [7, 11) is 0. The molecule has 0 bridgehead atoms. The lowest BCUT2D eigenvalue weighted by molar-refractivity contribution is -0.107. The lowest BCUT2D eigenvalue weighted by Gasteiger charge is -2.34. The third-order valence-electron chi connectivity index (χ3n) is 4.34. The molecular formula is C17H24O. The van der Waals surface area contributed by atoms with Gasteiger partial charge in [0.2, 0.25) is 0 Å². The number of hydrogen-bond donors (Lipinski definition) is 0. The van der Waals surface area contributed by atoms with E-state index < -0.39 is 0 Å². The molecule has 0 aromatic heterocycles. The largest absolute Gasteiger partial charge is 0.303 e. The summed E-state index contributed by atoms with van der Waals surface area (Å²) in [4.78, 5) is 10.4. The third-order valence-corrected chi connectivity index (χ3v) is 4.34. The fourth-order valence-electron chi connectivity index (χ4n) is 2.91. The van der Waals surface area contributed by atoms with Gasteiger partial charge in [-0.3, -0.25) is 0 Å². The zero-order valence-corrected chi connectivity index (χ0v) is 11.6. The molecular weight excluding hydrogens is 220 g/mol. The molecule has 1 aromatic carbocycles. The second-order valence-electron chi connectivity index (χ2n) is 6.39. The van der Waals surface area contributed by atoms with Gasteiger partial charge in [-0.1, -0.05) is 38.1 Å². The van der Waals surface area contributed by atoms with Crippen LogP contribution >= 0.6 is 0 Å². The molecule has 1 heteroatoms. The van der Waals surface area contributed by atoms with Crippen molar-refractivity contribution >= 4 is 6.29 Å². The molecule has 0 amide bonds. The smallest absolute Gasteiger partial charge is 0.120 e. The summed E-state index contributed by atoms with van der Waals surface area (Å²) in [6.45, 7) is 4.76. The van der Waals surface area contributed by atoms with Gasteiger partial charge in [0.15, 0.2) is 0 Å². The molecule has 0 saturated heterocycles. The van der Waals surface area contributed by atoms with Gasteiger partial charge in [0.05, 0.1) is 0 Å². The van der Waals surface area contributed by atoms with E-state index in [1.165, 1.54) is 36.8 Å². The van der Waals surface area contributed by atoms with Crippen molar-refractivity contribution in [1.82, 2.24) is 0 Å². The minimum atomic E-state index is 0.542. The van der Waals surface area contributed by atoms with Crippen molar-refractivity contribution in [1.29, 1.82) is 0 Å². The van der Waals surface area contributed by atoms with Gasteiger partial charge < -0.3 is 4.79 Å². The van der Waals surface area contributed by atoms with E-state index in [9.17, 15) is 4.79 Å². The average Bonchev–Trinajstić information content (AvgIpc) is 2.37. The average molecular weight is 244 g/mol. The van der Waals surface area contributed by atoms with Gasteiger partial charge in [0.1, 0.15) is 6.29 Å². The number of benzene rings is 1. The van der Waals surface area contributed by atoms with E-state index in [0.29, 0.717) is 11.8 Å². The molecule has 0 atom stereocenters. The van der Waals surface area contributed by atoms with Crippen molar-refractivity contribution < 1.29 is 4.79 Å². The van der Waals surface area contributed by atoms with E-state index in [0.717, 1.165) is 18.6 Å². The first-order valence-electron chi connectivity index (χ1n) is 7.13. The molecule has 0 unspecified atom stereocenters. The molecule has 1 aliphatic rings. The summed E-state index contributed by atoms with van der Waals surface area (Å²) < 4.78 is 0. The van der Waals surface area contributed by atoms with Crippen molar-refractivity contribution in [3.8, 4) is 0 Å². The summed E-state index contributed by atoms with van der Waals surface area (Å²) in [6, 6.07) is 8.92. The van der Waals surface area contributed by atoms with Gasteiger partial charge in [-0.15, -0.1) is 0 Å². The topological polar surface area (TPSA) is 17.1 Å². The van der Waals surface area contributed by atoms with Crippen LogP contribution in [0.4, 0.5) is 0 Å². The fraction of sp³-hybridized carbons (Fsp3) is 0.588. The molecule has 98 valence electrons. The SMILES string of the molecule is CC1(C)CCC(c2ccc(CCC=O)cc2)CC1. The van der Waals surface area contributed by atoms with Crippen molar-refractivity contribution in [3.05, 3.63) is 35.4 Å². The lowest BCUT2D eigenvalue weighted by Crippen LogP contribution is -2.20. The highest BCUT2D eigenvalue weighted by Gasteiger charge is 2.27. The molecule has 0 radical (unpaired) electrons. The normalized spacial score (nSPS) is 19.7. The van der Waals surface area contributed by atoms with E-state index in [1.807, 2.05) is 0 Å². The highest BCUT2D eigenvalue weighted by Crippen LogP contribution is 2.42. The summed E-state index contributed by atoms with van der Waals surface area (Å²) in [5.74, 6) is 0.748. The van der Waals surface area contributed by atoms with Gasteiger partial charge in [-0.05, 0) is 54.6 Å². The van der Waals surface area contributed by atoms with Crippen molar-refractivity contribution in [3.63, 3.8) is 0 Å². The zero-order valence-electron chi connectivity index (χ0n) is 11.6. The lowest BCUT2D eigenvalue weighted by atomic mass is 9.71. The number of aldehydes is 1. The Morgan fingerprint density at radius 1 is 1.17 bits per heavy atom. The molecule has 0 N–H and O–H groups in total. The molecule has 18 heavy (non-hydrogen) atoms. The maximum Gasteiger partial charge on any atom is 0.120 e. The number of hydrogen-bond acceptors (Lipinski definition) is 1. The van der Waals surface area contributed by atoms with Crippen LogP contribution in [0, 0.1) is 5.41 Å². The molecule has 0 spiro atoms. The molecule has 0 aliphatic heterocycles. The first-order valence-corrected chi connectivity index (χ1v) is 7.13. The van der Waals surface area contributed by atoms with Crippen LogP contribution in [-0.2, 0) is 11.2 Å². The quantitative estimate of drug-likeness (QED) is 0.713. The monoisotopic (exact) mass is 244 g/mol. The standard InChI is InChI=1S/C17H24O/c1-17(2)11-9-16(10-12-17)15-7-5-14(6-8-15)4-3-13-18/h5-8,13,16H,3-4,9-12H2,1-2H3. The van der Waals surface area contributed by atoms with Gasteiger partial charge in [0, 0.05) is 6.42 Å². The van der Waals surface area contributed by atoms with Gasteiger partial charge in [-0.2, -0.15) is 0 Å². The maximum atomic E-state index is 10.4. The number of aryl methyl sites for hydroxylation is 1. The van der Waals surface area contributed by atoms with E-state index in [4.69, 9.17) is 0 Å². The Kier molecular flexibility index (Phi) is 4.21. The van der Waals surface area contributed by atoms with E-state index >= 15 is 0 Å². The van der Waals surface area contributed by atoms with Crippen molar-refractivity contribution in [2.45, 2.75) is 58.3 Å². The van der Waals surface area contributed by atoms with E-state index in [-0.39, 0.29) is 0 Å². The molecule has 1 saturated carbocycles. The highest BCUT2D eigenvalue weighted by molar-refractivity contribution is 5.50. The maximum absolute atomic E-state index is 10.4. The van der Waals surface area contributed by atoms with Gasteiger partial charge >= 0.3 is 0 Å². The minimum absolute atomic E-state index is 0.542. The van der Waals surface area contributed by atoms with Crippen molar-refractivity contribution in [2.75, 3.05) is 0 Å². The van der Waals surface area contributed by atoms with E-state index in [2.05, 4.69) is 38.1 Å². The van der Waals surface area contributed by atoms with Crippen LogP contribution in [0.2, 0.25) is 0 Å². The van der Waals surface area contributed by atoms with Crippen LogP contribution in [0.1, 0.15) is 63.0 Å². The molecule has 1 aromatic rings. The summed E-state index contributed by atoms with van der Waals surface area (Å²) in [5.41, 5.74) is 3.31. The second-order valence-corrected chi connectivity index (χ2v) is 6.39. The van der Waals surface area contributed by atoms with Crippen LogP contribution in [0.25, 0.3) is 0 Å². The molecule has 1 fully saturated rings. The van der Waals surface area contributed by atoms with Gasteiger partial charge in [-0.25, -0.2) is 0 Å². The summed E-state index contributed by atoms with van der Waals surface area (Å²) >= 11 is 0. The van der Waals surface area contributed by atoms with Gasteiger partial charge in [0.25, 0.3) is 0 Å². The molecule has 1 aliphatic carbocycles. The Bertz CT molecular complexity index is 379. The van der Waals surface area contributed by atoms with Crippen molar-refractivity contribution in [2.24, 2.45) is 5.41 Å². The number of carbonyl (C=O) groups is 1. The Balaban J connectivity index is 1.95. The number of rotatable bonds is 4. The minimum Gasteiger partial charge on any atom is -0.303 e.